The lowest BCUT2D eigenvalue weighted by molar-refractivity contribution is 0.102. The molecule has 128 valence electrons. The lowest BCUT2D eigenvalue weighted by Crippen LogP contribution is -2.15. The summed E-state index contributed by atoms with van der Waals surface area (Å²) in [4.78, 5) is 12.3. The van der Waals surface area contributed by atoms with Crippen LogP contribution in [0.4, 0.5) is 17.2 Å². The summed E-state index contributed by atoms with van der Waals surface area (Å²) in [7, 11) is 0. The number of amides is 1. The molecule has 1 amide bonds. The lowest BCUT2D eigenvalue weighted by Gasteiger charge is -2.10. The van der Waals surface area contributed by atoms with Crippen LogP contribution in [0.25, 0.3) is 0 Å². The number of hydrogen-bond acceptors (Lipinski definition) is 5. The van der Waals surface area contributed by atoms with E-state index in [0.29, 0.717) is 17.1 Å². The van der Waals surface area contributed by atoms with Crippen LogP contribution >= 0.6 is 0 Å². The first-order chi connectivity index (χ1) is 12.6. The zero-order valence-corrected chi connectivity index (χ0v) is 14.4. The van der Waals surface area contributed by atoms with Gasteiger partial charge in [0.05, 0.1) is 11.3 Å². The molecule has 0 saturated carbocycles. The third-order valence-corrected chi connectivity index (χ3v) is 4.06. The number of rotatable bonds is 4. The highest BCUT2D eigenvalue weighted by molar-refractivity contribution is 6.03. The van der Waals surface area contributed by atoms with Gasteiger partial charge >= 0.3 is 0 Å². The van der Waals surface area contributed by atoms with Crippen molar-refractivity contribution in [2.45, 2.75) is 13.8 Å². The van der Waals surface area contributed by atoms with Crippen molar-refractivity contribution in [3.05, 3.63) is 77.0 Å². The smallest absolute Gasteiger partial charge is 0.276 e. The Hall–Kier alpha value is -3.72. The van der Waals surface area contributed by atoms with Gasteiger partial charge in [0.25, 0.3) is 5.91 Å². The molecule has 1 aromatic heterocycles. The molecule has 6 heteroatoms. The summed E-state index contributed by atoms with van der Waals surface area (Å²) in [6.45, 7) is 4.07. The highest BCUT2D eigenvalue weighted by Crippen LogP contribution is 2.21. The molecule has 0 saturated heterocycles. The van der Waals surface area contributed by atoms with Crippen LogP contribution in [0, 0.1) is 25.2 Å². The van der Waals surface area contributed by atoms with Gasteiger partial charge in [-0.3, -0.25) is 4.79 Å². The Morgan fingerprint density at radius 3 is 2.46 bits per heavy atom. The summed E-state index contributed by atoms with van der Waals surface area (Å²) in [6.07, 6.45) is 0. The minimum atomic E-state index is -0.418. The highest BCUT2D eigenvalue weighted by Gasteiger charge is 2.11. The number of hydrogen-bond donors (Lipinski definition) is 2. The van der Waals surface area contributed by atoms with Gasteiger partial charge in [0, 0.05) is 5.69 Å². The number of carbonyl (C=O) groups excluding carboxylic acids is 1. The molecule has 0 spiro atoms. The Labute approximate surface area is 151 Å². The molecule has 2 aromatic carbocycles. The van der Waals surface area contributed by atoms with Crippen LogP contribution in [-0.2, 0) is 0 Å². The standard InChI is InChI=1S/C20H17N5O/c1-13-6-5-9-16(14(13)2)22-19-11-10-18(24-25-19)20(26)23-17-8-4-3-7-15(17)12-21/h3-11H,1-2H3,(H,22,25)(H,23,26). The maximum atomic E-state index is 12.3. The fourth-order valence-corrected chi connectivity index (χ4v) is 2.42. The summed E-state index contributed by atoms with van der Waals surface area (Å²) < 4.78 is 0. The van der Waals surface area contributed by atoms with Crippen molar-refractivity contribution < 1.29 is 4.79 Å². The number of nitrogens with one attached hydrogen (secondary N) is 2. The van der Waals surface area contributed by atoms with E-state index >= 15 is 0 Å². The van der Waals surface area contributed by atoms with E-state index in [4.69, 9.17) is 5.26 Å². The van der Waals surface area contributed by atoms with Gasteiger partial charge in [-0.05, 0) is 55.3 Å². The van der Waals surface area contributed by atoms with Crippen LogP contribution < -0.4 is 10.6 Å². The molecule has 0 aliphatic heterocycles. The Morgan fingerprint density at radius 2 is 1.73 bits per heavy atom. The number of benzene rings is 2. The number of aryl methyl sites for hydroxylation is 1. The first kappa shape index (κ1) is 17.1. The number of anilines is 3. The van der Waals surface area contributed by atoms with Crippen LogP contribution in [0.1, 0.15) is 27.2 Å². The topological polar surface area (TPSA) is 90.7 Å². The van der Waals surface area contributed by atoms with E-state index in [0.717, 1.165) is 11.3 Å². The van der Waals surface area contributed by atoms with Gasteiger partial charge in [0.2, 0.25) is 0 Å². The minimum Gasteiger partial charge on any atom is -0.339 e. The van der Waals surface area contributed by atoms with Crippen molar-refractivity contribution >= 4 is 23.1 Å². The Balaban J connectivity index is 1.74. The van der Waals surface area contributed by atoms with E-state index in [2.05, 4.69) is 20.8 Å². The summed E-state index contributed by atoms with van der Waals surface area (Å²) in [5.41, 5.74) is 4.25. The van der Waals surface area contributed by atoms with E-state index < -0.39 is 5.91 Å². The average molecular weight is 343 g/mol. The number of carbonyl (C=O) groups is 1. The van der Waals surface area contributed by atoms with Gasteiger partial charge in [0.15, 0.2) is 11.5 Å². The molecule has 2 N–H and O–H groups in total. The molecular weight excluding hydrogens is 326 g/mol. The summed E-state index contributed by atoms with van der Waals surface area (Å²) in [5.74, 6) is 0.131. The molecular formula is C20H17N5O. The first-order valence-electron chi connectivity index (χ1n) is 8.06. The SMILES string of the molecule is Cc1cccc(Nc2ccc(C(=O)Nc3ccccc3C#N)nn2)c1C. The van der Waals surface area contributed by atoms with Gasteiger partial charge in [-0.15, -0.1) is 10.2 Å². The average Bonchev–Trinajstić information content (AvgIpc) is 2.66. The maximum absolute atomic E-state index is 12.3. The molecule has 1 heterocycles. The summed E-state index contributed by atoms with van der Waals surface area (Å²) >= 11 is 0. The van der Waals surface area contributed by atoms with Gasteiger partial charge in [-0.1, -0.05) is 24.3 Å². The van der Waals surface area contributed by atoms with Crippen LogP contribution in [0.3, 0.4) is 0 Å². The number of para-hydroxylation sites is 1. The van der Waals surface area contributed by atoms with Crippen LogP contribution in [0.15, 0.2) is 54.6 Å². The monoisotopic (exact) mass is 343 g/mol. The summed E-state index contributed by atoms with van der Waals surface area (Å²) in [6, 6.07) is 18.1. The van der Waals surface area contributed by atoms with Crippen LogP contribution in [-0.4, -0.2) is 16.1 Å². The molecule has 0 atom stereocenters. The Kier molecular flexibility index (Phi) is 4.90. The summed E-state index contributed by atoms with van der Waals surface area (Å²) in [5, 5.41) is 23.0. The normalized spacial score (nSPS) is 10.0. The van der Waals surface area contributed by atoms with Gasteiger partial charge < -0.3 is 10.6 Å². The first-order valence-corrected chi connectivity index (χ1v) is 8.06. The van der Waals surface area contributed by atoms with Crippen molar-refractivity contribution in [3.63, 3.8) is 0 Å². The van der Waals surface area contributed by atoms with Gasteiger partial charge in [-0.2, -0.15) is 5.26 Å². The fraction of sp³-hybridized carbons (Fsp3) is 0.100. The number of nitrogens with zero attached hydrogens (tertiary/aromatic N) is 3. The third kappa shape index (κ3) is 3.68. The molecule has 0 bridgehead atoms. The quantitative estimate of drug-likeness (QED) is 0.748. The predicted molar refractivity (Wildman–Crippen MR) is 100 cm³/mol. The molecule has 0 aliphatic carbocycles. The molecule has 3 aromatic rings. The van der Waals surface area contributed by atoms with Crippen molar-refractivity contribution in [1.29, 1.82) is 5.26 Å². The van der Waals surface area contributed by atoms with E-state index in [9.17, 15) is 4.79 Å². The number of aromatic nitrogens is 2. The molecule has 0 aliphatic rings. The van der Waals surface area contributed by atoms with Gasteiger partial charge in [0.1, 0.15) is 6.07 Å². The molecule has 0 unspecified atom stereocenters. The largest absolute Gasteiger partial charge is 0.339 e. The Bertz CT molecular complexity index is 990. The van der Waals surface area contributed by atoms with Crippen molar-refractivity contribution in [3.8, 4) is 6.07 Å². The zero-order chi connectivity index (χ0) is 18.5. The molecule has 0 radical (unpaired) electrons. The zero-order valence-electron chi connectivity index (χ0n) is 14.4. The van der Waals surface area contributed by atoms with Crippen molar-refractivity contribution in [1.82, 2.24) is 10.2 Å². The lowest BCUT2D eigenvalue weighted by atomic mass is 10.1. The predicted octanol–water partition coefficient (Wildman–Crippen LogP) is 3.96. The second kappa shape index (κ2) is 7.45. The fourth-order valence-electron chi connectivity index (χ4n) is 2.42. The second-order valence-corrected chi connectivity index (χ2v) is 5.79. The third-order valence-electron chi connectivity index (χ3n) is 4.06. The minimum absolute atomic E-state index is 0.171. The van der Waals surface area contributed by atoms with E-state index in [-0.39, 0.29) is 5.69 Å². The molecule has 3 rings (SSSR count). The van der Waals surface area contributed by atoms with Crippen molar-refractivity contribution in [2.75, 3.05) is 10.6 Å². The Morgan fingerprint density at radius 1 is 0.962 bits per heavy atom. The van der Waals surface area contributed by atoms with Gasteiger partial charge in [-0.25, -0.2) is 0 Å². The van der Waals surface area contributed by atoms with Crippen molar-refractivity contribution in [2.24, 2.45) is 0 Å². The highest BCUT2D eigenvalue weighted by atomic mass is 16.1. The van der Waals surface area contributed by atoms with Crippen LogP contribution in [0.5, 0.6) is 0 Å². The van der Waals surface area contributed by atoms with Crippen LogP contribution in [0.2, 0.25) is 0 Å². The van der Waals surface area contributed by atoms with E-state index in [1.807, 2.05) is 38.1 Å². The maximum Gasteiger partial charge on any atom is 0.276 e. The second-order valence-electron chi connectivity index (χ2n) is 5.79. The number of nitriles is 1. The molecule has 6 nitrogen and oxygen atoms in total. The molecule has 0 fully saturated rings. The van der Waals surface area contributed by atoms with E-state index in [1.54, 1.807) is 36.4 Å². The molecule has 26 heavy (non-hydrogen) atoms. The van der Waals surface area contributed by atoms with E-state index in [1.165, 1.54) is 5.56 Å².